The normalized spacial score (nSPS) is 53.0. The average molecular weight is 364 g/mol. The molecule has 5 nitrogen and oxygen atoms in total. The third-order valence-electron chi connectivity index (χ3n) is 9.15. The van der Waals surface area contributed by atoms with Gasteiger partial charge in [0, 0.05) is 5.41 Å². The van der Waals surface area contributed by atoms with Crippen LogP contribution in [0.2, 0.25) is 0 Å². The van der Waals surface area contributed by atoms with E-state index in [1.54, 1.807) is 0 Å². The van der Waals surface area contributed by atoms with Crippen LogP contribution in [0.3, 0.4) is 0 Å². The Kier molecular flexibility index (Phi) is 3.93. The number of hydrogen-bond donors (Lipinski definition) is 2. The van der Waals surface area contributed by atoms with E-state index in [1.165, 1.54) is 7.11 Å². The molecule has 0 amide bonds. The summed E-state index contributed by atoms with van der Waals surface area (Å²) >= 11 is 0. The molecule has 5 heteroatoms. The van der Waals surface area contributed by atoms with Gasteiger partial charge < -0.3 is 14.9 Å². The van der Waals surface area contributed by atoms with Crippen molar-refractivity contribution in [1.29, 1.82) is 0 Å². The van der Waals surface area contributed by atoms with Crippen LogP contribution in [0.4, 0.5) is 0 Å². The van der Waals surface area contributed by atoms with Crippen molar-refractivity contribution in [3.8, 4) is 0 Å². The highest BCUT2D eigenvalue weighted by Gasteiger charge is 2.72. The summed E-state index contributed by atoms with van der Waals surface area (Å²) in [5.74, 6) is 0.0287. The SMILES string of the molecule is COC(=O)C1(C)CCCC2(C)C1CCC13CC(CCC12)C(O)(CO)C3=O. The van der Waals surface area contributed by atoms with E-state index < -0.39 is 23.0 Å². The largest absolute Gasteiger partial charge is 0.469 e. The Morgan fingerprint density at radius 2 is 1.88 bits per heavy atom. The number of fused-ring (bicyclic) bond motifs is 3. The van der Waals surface area contributed by atoms with Gasteiger partial charge >= 0.3 is 5.97 Å². The van der Waals surface area contributed by atoms with Crippen LogP contribution < -0.4 is 0 Å². The highest BCUT2D eigenvalue weighted by atomic mass is 16.5. The van der Waals surface area contributed by atoms with Gasteiger partial charge in [-0.3, -0.25) is 9.59 Å². The summed E-state index contributed by atoms with van der Waals surface area (Å²) in [4.78, 5) is 26.0. The molecule has 0 saturated heterocycles. The van der Waals surface area contributed by atoms with Crippen molar-refractivity contribution in [2.75, 3.05) is 13.7 Å². The Hall–Kier alpha value is -0.940. The van der Waals surface area contributed by atoms with Crippen molar-refractivity contribution in [3.63, 3.8) is 0 Å². The quantitative estimate of drug-likeness (QED) is 0.736. The zero-order valence-corrected chi connectivity index (χ0v) is 16.2. The second-order valence-electron chi connectivity index (χ2n) is 9.96. The molecule has 0 aromatic carbocycles. The van der Waals surface area contributed by atoms with Crippen LogP contribution in [0, 0.1) is 34.0 Å². The average Bonchev–Trinajstić information content (AvgIpc) is 2.79. The molecule has 4 aliphatic carbocycles. The Labute approximate surface area is 155 Å². The van der Waals surface area contributed by atoms with E-state index in [2.05, 4.69) is 6.92 Å². The zero-order valence-electron chi connectivity index (χ0n) is 16.2. The molecular weight excluding hydrogens is 332 g/mol. The Morgan fingerprint density at radius 3 is 2.54 bits per heavy atom. The minimum absolute atomic E-state index is 0.0965. The molecule has 0 aromatic rings. The van der Waals surface area contributed by atoms with E-state index in [4.69, 9.17) is 4.74 Å². The van der Waals surface area contributed by atoms with E-state index in [0.29, 0.717) is 6.42 Å². The van der Waals surface area contributed by atoms with Crippen LogP contribution in [0.1, 0.15) is 65.2 Å². The van der Waals surface area contributed by atoms with E-state index in [9.17, 15) is 19.8 Å². The number of carbonyl (C=O) groups is 2. The fourth-order valence-electron chi connectivity index (χ4n) is 8.01. The van der Waals surface area contributed by atoms with Crippen LogP contribution >= 0.6 is 0 Å². The number of hydrogen-bond acceptors (Lipinski definition) is 5. The van der Waals surface area contributed by atoms with Gasteiger partial charge in [0.15, 0.2) is 5.78 Å². The maximum atomic E-state index is 13.4. The summed E-state index contributed by atoms with van der Waals surface area (Å²) in [5.41, 5.74) is -2.66. The summed E-state index contributed by atoms with van der Waals surface area (Å²) < 4.78 is 5.18. The minimum Gasteiger partial charge on any atom is -0.469 e. The number of esters is 1. The van der Waals surface area contributed by atoms with Crippen LogP contribution in [0.5, 0.6) is 0 Å². The minimum atomic E-state index is -1.56. The Balaban J connectivity index is 1.76. The molecule has 7 atom stereocenters. The zero-order chi connectivity index (χ0) is 19.0. The molecule has 2 N–H and O–H groups in total. The van der Waals surface area contributed by atoms with Gasteiger partial charge in [-0.2, -0.15) is 0 Å². The number of Topliss-reactive ketones (excluding diaryl/α,β-unsaturated/α-hetero) is 1. The van der Waals surface area contributed by atoms with Crippen molar-refractivity contribution in [1.82, 2.24) is 0 Å². The Bertz CT molecular complexity index is 646. The van der Waals surface area contributed by atoms with E-state index in [0.717, 1.165) is 44.9 Å². The van der Waals surface area contributed by atoms with Crippen LogP contribution in [0.15, 0.2) is 0 Å². The lowest BCUT2D eigenvalue weighted by atomic mass is 9.41. The monoisotopic (exact) mass is 364 g/mol. The van der Waals surface area contributed by atoms with Gasteiger partial charge in [0.05, 0.1) is 19.1 Å². The molecule has 4 fully saturated rings. The number of ether oxygens (including phenoxy) is 1. The molecule has 7 unspecified atom stereocenters. The van der Waals surface area contributed by atoms with Crippen molar-refractivity contribution in [2.45, 2.75) is 70.8 Å². The van der Waals surface area contributed by atoms with Gasteiger partial charge in [-0.15, -0.1) is 0 Å². The van der Waals surface area contributed by atoms with E-state index in [1.807, 2.05) is 6.92 Å². The second kappa shape index (κ2) is 5.54. The smallest absolute Gasteiger partial charge is 0.311 e. The van der Waals surface area contributed by atoms with Crippen molar-refractivity contribution < 1.29 is 24.5 Å². The first-order chi connectivity index (χ1) is 12.2. The molecule has 0 heterocycles. The molecule has 4 saturated carbocycles. The number of methoxy groups -OCH3 is 1. The standard InChI is InChI=1S/C21H32O5/c1-18-8-4-9-19(2,17(24)26-3)14(18)7-10-20-11-13(5-6-15(18)20)21(25,12-22)16(20)23/h13-15,22,25H,4-12H2,1-3H3. The van der Waals surface area contributed by atoms with E-state index >= 15 is 0 Å². The molecule has 2 bridgehead atoms. The highest BCUT2D eigenvalue weighted by molar-refractivity contribution is 5.96. The molecule has 146 valence electrons. The van der Waals surface area contributed by atoms with Crippen LogP contribution in [-0.4, -0.2) is 41.3 Å². The molecule has 26 heavy (non-hydrogen) atoms. The van der Waals surface area contributed by atoms with Gasteiger partial charge in [0.1, 0.15) is 5.60 Å². The fourth-order valence-corrected chi connectivity index (χ4v) is 8.01. The predicted molar refractivity (Wildman–Crippen MR) is 95.1 cm³/mol. The first kappa shape index (κ1) is 18.4. The molecular formula is C21H32O5. The van der Waals surface area contributed by atoms with Crippen molar-refractivity contribution in [3.05, 3.63) is 0 Å². The summed E-state index contributed by atoms with van der Waals surface area (Å²) in [5, 5.41) is 20.7. The number of carbonyl (C=O) groups excluding carboxylic acids is 2. The van der Waals surface area contributed by atoms with Gasteiger partial charge in [0.25, 0.3) is 0 Å². The third-order valence-corrected chi connectivity index (χ3v) is 9.15. The van der Waals surface area contributed by atoms with Crippen LogP contribution in [0.25, 0.3) is 0 Å². The van der Waals surface area contributed by atoms with Gasteiger partial charge in [-0.25, -0.2) is 0 Å². The highest BCUT2D eigenvalue weighted by Crippen LogP contribution is 2.71. The number of aliphatic hydroxyl groups is 2. The van der Waals surface area contributed by atoms with Gasteiger partial charge in [-0.05, 0) is 75.0 Å². The van der Waals surface area contributed by atoms with Crippen LogP contribution in [-0.2, 0) is 14.3 Å². The van der Waals surface area contributed by atoms with Crippen molar-refractivity contribution >= 4 is 11.8 Å². The predicted octanol–water partition coefficient (Wildman–Crippen LogP) is 2.47. The van der Waals surface area contributed by atoms with Gasteiger partial charge in [0.2, 0.25) is 0 Å². The summed E-state index contributed by atoms with van der Waals surface area (Å²) in [6.45, 7) is 3.85. The molecule has 0 radical (unpaired) electrons. The first-order valence-corrected chi connectivity index (χ1v) is 10.2. The Morgan fingerprint density at radius 1 is 1.15 bits per heavy atom. The maximum Gasteiger partial charge on any atom is 0.311 e. The molecule has 1 spiro atoms. The van der Waals surface area contributed by atoms with Gasteiger partial charge in [-0.1, -0.05) is 13.3 Å². The summed E-state index contributed by atoms with van der Waals surface area (Å²) in [6, 6.07) is 0. The molecule has 0 aliphatic heterocycles. The third kappa shape index (κ3) is 1.94. The molecule has 4 rings (SSSR count). The number of ketones is 1. The van der Waals surface area contributed by atoms with Crippen molar-refractivity contribution in [2.24, 2.45) is 34.0 Å². The number of rotatable bonds is 2. The summed E-state index contributed by atoms with van der Waals surface area (Å²) in [7, 11) is 1.47. The molecule has 0 aromatic heterocycles. The summed E-state index contributed by atoms with van der Waals surface area (Å²) in [6.07, 6.45) is 6.76. The molecule has 4 aliphatic rings. The lowest BCUT2D eigenvalue weighted by Crippen LogP contribution is -2.60. The first-order valence-electron chi connectivity index (χ1n) is 10.2. The maximum absolute atomic E-state index is 13.4. The number of aliphatic hydroxyl groups excluding tert-OH is 1. The topological polar surface area (TPSA) is 83.8 Å². The lowest BCUT2D eigenvalue weighted by Gasteiger charge is -2.62. The second-order valence-corrected chi connectivity index (χ2v) is 9.96. The van der Waals surface area contributed by atoms with E-state index in [-0.39, 0.29) is 34.9 Å². The fraction of sp³-hybridized carbons (Fsp3) is 0.905. The lowest BCUT2D eigenvalue weighted by molar-refractivity contribution is -0.185.